The van der Waals surface area contributed by atoms with Crippen molar-refractivity contribution in [2.75, 3.05) is 5.75 Å². The smallest absolute Gasteiger partial charge is 0.243 e. The number of aryl methyl sites for hydroxylation is 1. The van der Waals surface area contributed by atoms with Gasteiger partial charge in [-0.2, -0.15) is 0 Å². The normalized spacial score (nSPS) is 14.6. The van der Waals surface area contributed by atoms with Gasteiger partial charge in [0.25, 0.3) is 0 Å². The summed E-state index contributed by atoms with van der Waals surface area (Å²) in [7, 11) is 0. The van der Waals surface area contributed by atoms with E-state index in [9.17, 15) is 14.0 Å². The minimum Gasteiger partial charge on any atom is -0.352 e. The lowest BCUT2D eigenvalue weighted by atomic mass is 9.94. The molecular formula is C32H37FN2O2S. The molecule has 0 bridgehead atoms. The van der Waals surface area contributed by atoms with Crippen LogP contribution in [0.2, 0.25) is 0 Å². The Balaban J connectivity index is 1.57. The van der Waals surface area contributed by atoms with E-state index in [0.29, 0.717) is 24.3 Å². The predicted molar refractivity (Wildman–Crippen MR) is 153 cm³/mol. The summed E-state index contributed by atoms with van der Waals surface area (Å²) in [6.07, 6.45) is 5.84. The fourth-order valence-electron chi connectivity index (χ4n) is 5.05. The van der Waals surface area contributed by atoms with E-state index in [0.717, 1.165) is 42.4 Å². The number of rotatable bonds is 11. The highest BCUT2D eigenvalue weighted by Gasteiger charge is 2.31. The van der Waals surface area contributed by atoms with Gasteiger partial charge in [0.2, 0.25) is 11.8 Å². The van der Waals surface area contributed by atoms with Crippen molar-refractivity contribution in [3.8, 4) is 0 Å². The van der Waals surface area contributed by atoms with Crippen molar-refractivity contribution in [2.24, 2.45) is 0 Å². The largest absolute Gasteiger partial charge is 0.352 e. The molecule has 6 heteroatoms. The number of thioether (sulfide) groups is 1. The molecule has 3 aromatic rings. The molecule has 0 heterocycles. The summed E-state index contributed by atoms with van der Waals surface area (Å²) >= 11 is 1.38. The maximum Gasteiger partial charge on any atom is 0.243 e. The summed E-state index contributed by atoms with van der Waals surface area (Å²) in [6, 6.07) is 24.1. The van der Waals surface area contributed by atoms with Crippen LogP contribution in [0, 0.1) is 12.7 Å². The van der Waals surface area contributed by atoms with E-state index in [4.69, 9.17) is 0 Å². The van der Waals surface area contributed by atoms with Gasteiger partial charge >= 0.3 is 0 Å². The quantitative estimate of drug-likeness (QED) is 0.309. The third-order valence-electron chi connectivity index (χ3n) is 7.10. The molecule has 2 amide bonds. The molecule has 0 unspecified atom stereocenters. The second kappa shape index (κ2) is 14.1. The molecule has 1 fully saturated rings. The van der Waals surface area contributed by atoms with E-state index in [2.05, 4.69) is 11.4 Å². The number of benzene rings is 3. The first-order valence-electron chi connectivity index (χ1n) is 13.5. The highest BCUT2D eigenvalue weighted by molar-refractivity contribution is 7.99. The minimum absolute atomic E-state index is 0.0964. The van der Waals surface area contributed by atoms with Crippen LogP contribution in [-0.2, 0) is 28.3 Å². The Bertz CT molecular complexity index is 1200. The number of carbonyl (C=O) groups is 2. The molecular weight excluding hydrogens is 495 g/mol. The van der Waals surface area contributed by atoms with Gasteiger partial charge in [0.15, 0.2) is 0 Å². The first kappa shape index (κ1) is 27.9. The molecule has 0 saturated heterocycles. The average molecular weight is 533 g/mol. The molecule has 0 aromatic heterocycles. The number of carbonyl (C=O) groups excluding carboxylic acids is 2. The van der Waals surface area contributed by atoms with Crippen LogP contribution in [-0.4, -0.2) is 34.6 Å². The summed E-state index contributed by atoms with van der Waals surface area (Å²) in [4.78, 5) is 29.3. The van der Waals surface area contributed by atoms with E-state index in [1.54, 1.807) is 23.1 Å². The molecule has 4 rings (SSSR count). The monoisotopic (exact) mass is 532 g/mol. The van der Waals surface area contributed by atoms with Crippen LogP contribution in [0.1, 0.15) is 54.4 Å². The lowest BCUT2D eigenvalue weighted by Crippen LogP contribution is -2.53. The van der Waals surface area contributed by atoms with Crippen LogP contribution in [0.25, 0.3) is 0 Å². The van der Waals surface area contributed by atoms with Crippen LogP contribution in [0.5, 0.6) is 0 Å². The summed E-state index contributed by atoms with van der Waals surface area (Å²) in [5.41, 5.74) is 3.68. The molecule has 1 saturated carbocycles. The van der Waals surface area contributed by atoms with Gasteiger partial charge in [-0.05, 0) is 42.5 Å². The molecule has 1 N–H and O–H groups in total. The van der Waals surface area contributed by atoms with Crippen molar-refractivity contribution in [3.05, 3.63) is 107 Å². The van der Waals surface area contributed by atoms with Gasteiger partial charge in [-0.15, -0.1) is 11.8 Å². The number of nitrogens with one attached hydrogen (secondary N) is 1. The fraction of sp³-hybridized carbons (Fsp3) is 0.375. The van der Waals surface area contributed by atoms with Gasteiger partial charge in [0.05, 0.1) is 5.75 Å². The van der Waals surface area contributed by atoms with E-state index in [1.165, 1.54) is 24.2 Å². The summed E-state index contributed by atoms with van der Waals surface area (Å²) in [5, 5.41) is 3.27. The topological polar surface area (TPSA) is 49.4 Å². The van der Waals surface area contributed by atoms with Crippen LogP contribution in [0.3, 0.4) is 0 Å². The van der Waals surface area contributed by atoms with Gasteiger partial charge < -0.3 is 10.2 Å². The van der Waals surface area contributed by atoms with Gasteiger partial charge in [0, 0.05) is 24.8 Å². The molecule has 38 heavy (non-hydrogen) atoms. The van der Waals surface area contributed by atoms with Crippen molar-refractivity contribution in [1.82, 2.24) is 10.2 Å². The number of hydrogen-bond acceptors (Lipinski definition) is 3. The molecule has 0 aliphatic heterocycles. The van der Waals surface area contributed by atoms with Crippen molar-refractivity contribution < 1.29 is 14.0 Å². The Kier molecular flexibility index (Phi) is 10.4. The van der Waals surface area contributed by atoms with Crippen LogP contribution in [0.15, 0.2) is 78.9 Å². The molecule has 3 aromatic carbocycles. The first-order valence-corrected chi connectivity index (χ1v) is 14.7. The minimum atomic E-state index is -0.638. The average Bonchev–Trinajstić information content (AvgIpc) is 2.93. The molecule has 200 valence electrons. The van der Waals surface area contributed by atoms with Gasteiger partial charge in [-0.1, -0.05) is 97.6 Å². The Labute approximate surface area is 230 Å². The van der Waals surface area contributed by atoms with Gasteiger partial charge in [-0.3, -0.25) is 9.59 Å². The third-order valence-corrected chi connectivity index (χ3v) is 8.07. The van der Waals surface area contributed by atoms with Crippen molar-refractivity contribution in [1.29, 1.82) is 0 Å². The second-order valence-electron chi connectivity index (χ2n) is 10.1. The summed E-state index contributed by atoms with van der Waals surface area (Å²) < 4.78 is 14.1. The fourth-order valence-corrected chi connectivity index (χ4v) is 5.95. The molecule has 4 nitrogen and oxygen atoms in total. The lowest BCUT2D eigenvalue weighted by molar-refractivity contribution is -0.139. The van der Waals surface area contributed by atoms with Crippen LogP contribution < -0.4 is 5.32 Å². The van der Waals surface area contributed by atoms with Crippen LogP contribution >= 0.6 is 11.8 Å². The number of amides is 2. The molecule has 0 spiro atoms. The zero-order chi connectivity index (χ0) is 26.7. The van der Waals surface area contributed by atoms with E-state index in [-0.39, 0.29) is 29.4 Å². The maximum atomic E-state index is 14.1. The Morgan fingerprint density at radius 3 is 2.39 bits per heavy atom. The molecule has 0 radical (unpaired) electrons. The Morgan fingerprint density at radius 2 is 1.66 bits per heavy atom. The van der Waals surface area contributed by atoms with Gasteiger partial charge in [0.1, 0.15) is 11.9 Å². The summed E-state index contributed by atoms with van der Waals surface area (Å²) in [6.45, 7) is 2.37. The van der Waals surface area contributed by atoms with Crippen LogP contribution in [0.4, 0.5) is 4.39 Å². The van der Waals surface area contributed by atoms with E-state index in [1.807, 2.05) is 55.5 Å². The van der Waals surface area contributed by atoms with E-state index < -0.39 is 6.04 Å². The predicted octanol–water partition coefficient (Wildman–Crippen LogP) is 6.46. The van der Waals surface area contributed by atoms with Crippen molar-refractivity contribution in [2.45, 2.75) is 69.8 Å². The SMILES string of the molecule is Cc1cccc(CN(C(=O)CSCc2ccccc2F)[C@H](Cc2ccccc2)C(=O)NC2CCCCC2)c1. The van der Waals surface area contributed by atoms with Gasteiger partial charge in [-0.25, -0.2) is 4.39 Å². The highest BCUT2D eigenvalue weighted by Crippen LogP contribution is 2.22. The maximum absolute atomic E-state index is 14.1. The lowest BCUT2D eigenvalue weighted by Gasteiger charge is -2.33. The number of hydrogen-bond donors (Lipinski definition) is 1. The number of nitrogens with zero attached hydrogens (tertiary/aromatic N) is 1. The van der Waals surface area contributed by atoms with Crippen molar-refractivity contribution in [3.63, 3.8) is 0 Å². The Morgan fingerprint density at radius 1 is 0.947 bits per heavy atom. The standard InChI is InChI=1S/C32H37FN2O2S/c1-24-11-10-14-26(19-24)21-35(31(36)23-38-22-27-15-8-9-18-29(27)33)30(20-25-12-4-2-5-13-25)32(37)34-28-16-6-3-7-17-28/h2,4-5,8-15,18-19,28,30H,3,6-7,16-17,20-23H2,1H3,(H,34,37)/t30-/m1/s1. The zero-order valence-electron chi connectivity index (χ0n) is 22.1. The van der Waals surface area contributed by atoms with Crippen molar-refractivity contribution >= 4 is 23.6 Å². The zero-order valence-corrected chi connectivity index (χ0v) is 22.9. The highest BCUT2D eigenvalue weighted by atomic mass is 32.2. The summed E-state index contributed by atoms with van der Waals surface area (Å²) in [5.74, 6) is 0.0857. The molecule has 1 atom stereocenters. The molecule has 1 aliphatic carbocycles. The molecule has 1 aliphatic rings. The number of halogens is 1. The Hall–Kier alpha value is -3.12. The van der Waals surface area contributed by atoms with E-state index >= 15 is 0 Å². The second-order valence-corrected chi connectivity index (χ2v) is 11.1. The third kappa shape index (κ3) is 8.19. The first-order chi connectivity index (χ1) is 18.5.